The number of benzene rings is 4. The summed E-state index contributed by atoms with van der Waals surface area (Å²) >= 11 is 0. The van der Waals surface area contributed by atoms with Gasteiger partial charge in [0.05, 0.1) is 6.67 Å². The van der Waals surface area contributed by atoms with Gasteiger partial charge in [-0.25, -0.2) is 0 Å². The second kappa shape index (κ2) is 13.2. The third kappa shape index (κ3) is 6.48. The average Bonchev–Trinajstić information content (AvgIpc) is 3.39. The number of hydrogen-bond acceptors (Lipinski definition) is 3. The molecular weight excluding hydrogens is 547 g/mol. The van der Waals surface area contributed by atoms with Crippen molar-refractivity contribution in [3.05, 3.63) is 124 Å². The van der Waals surface area contributed by atoms with E-state index in [-0.39, 0.29) is 12.8 Å². The third-order valence-electron chi connectivity index (χ3n) is 9.04. The van der Waals surface area contributed by atoms with E-state index in [1.807, 2.05) is 12.1 Å². The number of likely N-dealkylation sites (tertiary alicyclic amines) is 1. The molecular formula is C39H41FN2O2. The lowest BCUT2D eigenvalue weighted by Crippen LogP contribution is -2.26. The lowest BCUT2D eigenvalue weighted by Gasteiger charge is -2.20. The van der Waals surface area contributed by atoms with Gasteiger partial charge in [0.25, 0.3) is 0 Å². The van der Waals surface area contributed by atoms with Gasteiger partial charge in [-0.2, -0.15) is 0 Å². The van der Waals surface area contributed by atoms with Crippen molar-refractivity contribution in [2.45, 2.75) is 52.1 Å². The van der Waals surface area contributed by atoms with E-state index in [2.05, 4.69) is 79.4 Å². The number of aryl methyl sites for hydroxylation is 3. The van der Waals surface area contributed by atoms with Crippen LogP contribution in [-0.4, -0.2) is 43.2 Å². The molecule has 4 aromatic rings. The van der Waals surface area contributed by atoms with Crippen molar-refractivity contribution < 1.29 is 13.9 Å². The number of amides is 1. The van der Waals surface area contributed by atoms with Gasteiger partial charge in [0, 0.05) is 25.2 Å². The molecule has 1 saturated heterocycles. The minimum absolute atomic E-state index is 0.138. The fraction of sp³-hybridized carbons (Fsp3) is 0.308. The molecule has 0 bridgehead atoms. The number of ether oxygens (including phenoxy) is 1. The van der Waals surface area contributed by atoms with Crippen molar-refractivity contribution >= 4 is 17.1 Å². The van der Waals surface area contributed by atoms with Gasteiger partial charge in [-0.15, -0.1) is 0 Å². The monoisotopic (exact) mass is 588 g/mol. The molecule has 1 fully saturated rings. The molecule has 2 aliphatic rings. The summed E-state index contributed by atoms with van der Waals surface area (Å²) in [6, 6.07) is 29.7. The Hall–Kier alpha value is -4.22. The fourth-order valence-electron chi connectivity index (χ4n) is 6.82. The van der Waals surface area contributed by atoms with E-state index in [4.69, 9.17) is 10.5 Å². The molecule has 2 N–H and O–H groups in total. The van der Waals surface area contributed by atoms with Gasteiger partial charge in [0.15, 0.2) is 0 Å². The number of carbonyl (C=O) groups excluding carboxylic acids is 1. The first-order valence-electron chi connectivity index (χ1n) is 15.8. The molecule has 1 heterocycles. The first kappa shape index (κ1) is 29.8. The summed E-state index contributed by atoms with van der Waals surface area (Å²) in [5.74, 6) is 0.464. The summed E-state index contributed by atoms with van der Waals surface area (Å²) in [6.45, 7) is 6.71. The predicted octanol–water partition coefficient (Wildman–Crippen LogP) is 8.18. The first-order chi connectivity index (χ1) is 21.4. The lowest BCUT2D eigenvalue weighted by atomic mass is 9.85. The number of nitrogens with zero attached hydrogens (tertiary/aromatic N) is 1. The van der Waals surface area contributed by atoms with Gasteiger partial charge in [0.1, 0.15) is 11.9 Å². The van der Waals surface area contributed by atoms with Crippen LogP contribution in [-0.2, 0) is 6.42 Å². The second-order valence-electron chi connectivity index (χ2n) is 12.2. The minimum Gasteiger partial charge on any atom is -0.489 e. The average molecular weight is 589 g/mol. The van der Waals surface area contributed by atoms with Crippen LogP contribution in [0.2, 0.25) is 0 Å². The van der Waals surface area contributed by atoms with E-state index >= 15 is 0 Å². The van der Waals surface area contributed by atoms with E-state index in [1.165, 1.54) is 44.5 Å². The van der Waals surface area contributed by atoms with E-state index < -0.39 is 5.91 Å². The Morgan fingerprint density at radius 3 is 2.34 bits per heavy atom. The number of nitrogens with two attached hydrogens (primary N) is 1. The summed E-state index contributed by atoms with van der Waals surface area (Å²) in [5.41, 5.74) is 18.5. The Kier molecular flexibility index (Phi) is 8.94. The molecule has 1 aliphatic carbocycles. The van der Waals surface area contributed by atoms with E-state index in [0.717, 1.165) is 62.2 Å². The minimum atomic E-state index is -0.414. The highest BCUT2D eigenvalue weighted by Gasteiger charge is 2.25. The number of rotatable bonds is 9. The molecule has 0 spiro atoms. The van der Waals surface area contributed by atoms with Crippen molar-refractivity contribution in [2.24, 2.45) is 5.73 Å². The Labute approximate surface area is 260 Å². The number of alkyl halides is 1. The summed E-state index contributed by atoms with van der Waals surface area (Å²) in [7, 11) is 0. The third-order valence-corrected chi connectivity index (χ3v) is 9.04. The van der Waals surface area contributed by atoms with E-state index in [9.17, 15) is 9.18 Å². The maximum atomic E-state index is 12.6. The zero-order valence-corrected chi connectivity index (χ0v) is 25.7. The number of carbonyl (C=O) groups is 1. The first-order valence-corrected chi connectivity index (χ1v) is 15.8. The van der Waals surface area contributed by atoms with Gasteiger partial charge < -0.3 is 10.5 Å². The molecule has 1 unspecified atom stereocenters. The fourth-order valence-corrected chi connectivity index (χ4v) is 6.82. The second-order valence-corrected chi connectivity index (χ2v) is 12.2. The van der Waals surface area contributed by atoms with Crippen LogP contribution in [0.4, 0.5) is 4.39 Å². The number of hydrogen-bond donors (Lipinski definition) is 1. The maximum Gasteiger partial charge on any atom is 0.248 e. The van der Waals surface area contributed by atoms with Crippen molar-refractivity contribution in [1.29, 1.82) is 0 Å². The molecule has 4 nitrogen and oxygen atoms in total. The number of fused-ring (bicyclic) bond motifs is 1. The number of primary amides is 1. The van der Waals surface area contributed by atoms with Crippen molar-refractivity contribution in [3.63, 3.8) is 0 Å². The molecule has 1 amide bonds. The standard InChI is InChI=1S/C39H41FN2O2/c1-26-7-17-35(27(2)23-26)37-6-3-5-32-24-31(28-8-10-30(11-9-28)39(41)43)14-18-36(32)38(37)29-12-15-33(16-13-29)44-34-19-22-42(25-34)21-4-20-40/h7-18,23-24,34H,3-6,19-22,25H2,1-2H3,(H2,41,43). The van der Waals surface area contributed by atoms with Gasteiger partial charge in [-0.1, -0.05) is 66.2 Å². The number of halogens is 1. The Morgan fingerprint density at radius 2 is 1.61 bits per heavy atom. The van der Waals surface area contributed by atoms with Gasteiger partial charge in [-0.3, -0.25) is 14.1 Å². The summed E-state index contributed by atoms with van der Waals surface area (Å²) in [4.78, 5) is 13.9. The summed E-state index contributed by atoms with van der Waals surface area (Å²) < 4.78 is 19.0. The van der Waals surface area contributed by atoms with E-state index in [0.29, 0.717) is 12.0 Å². The normalized spacial score (nSPS) is 16.9. The summed E-state index contributed by atoms with van der Waals surface area (Å²) in [5, 5.41) is 0. The Balaban J connectivity index is 1.36. The summed E-state index contributed by atoms with van der Waals surface area (Å²) in [6.07, 6.45) is 4.74. The van der Waals surface area contributed by atoms with Crippen molar-refractivity contribution in [3.8, 4) is 16.9 Å². The van der Waals surface area contributed by atoms with Gasteiger partial charge in [-0.05, 0) is 120 Å². The predicted molar refractivity (Wildman–Crippen MR) is 178 cm³/mol. The van der Waals surface area contributed by atoms with Crippen LogP contribution >= 0.6 is 0 Å². The largest absolute Gasteiger partial charge is 0.489 e. The van der Waals surface area contributed by atoms with Crippen molar-refractivity contribution in [1.82, 2.24) is 4.90 Å². The van der Waals surface area contributed by atoms with Gasteiger partial charge >= 0.3 is 0 Å². The molecule has 5 heteroatoms. The molecule has 4 aromatic carbocycles. The quantitative estimate of drug-likeness (QED) is 0.215. The van der Waals surface area contributed by atoms with Crippen LogP contribution in [0.25, 0.3) is 22.3 Å². The molecule has 0 aromatic heterocycles. The smallest absolute Gasteiger partial charge is 0.248 e. The lowest BCUT2D eigenvalue weighted by molar-refractivity contribution is 0.100. The Morgan fingerprint density at radius 1 is 0.886 bits per heavy atom. The number of allylic oxidation sites excluding steroid dienone is 1. The zero-order valence-electron chi connectivity index (χ0n) is 25.7. The van der Waals surface area contributed by atoms with Crippen LogP contribution < -0.4 is 10.5 Å². The molecule has 1 aliphatic heterocycles. The molecule has 226 valence electrons. The van der Waals surface area contributed by atoms with Crippen molar-refractivity contribution in [2.75, 3.05) is 26.3 Å². The highest BCUT2D eigenvalue weighted by atomic mass is 19.1. The highest BCUT2D eigenvalue weighted by Crippen LogP contribution is 2.42. The highest BCUT2D eigenvalue weighted by molar-refractivity contribution is 6.01. The molecule has 1 atom stereocenters. The zero-order chi connectivity index (χ0) is 30.6. The molecule has 0 radical (unpaired) electrons. The van der Waals surface area contributed by atoms with Crippen LogP contribution in [0.1, 0.15) is 69.4 Å². The van der Waals surface area contributed by atoms with Crippen LogP contribution in [0.15, 0.2) is 84.9 Å². The molecule has 6 rings (SSSR count). The molecule has 0 saturated carbocycles. The van der Waals surface area contributed by atoms with Crippen LogP contribution in [0.3, 0.4) is 0 Å². The Bertz CT molecular complexity index is 1670. The maximum absolute atomic E-state index is 12.6. The topological polar surface area (TPSA) is 55.6 Å². The van der Waals surface area contributed by atoms with Gasteiger partial charge in [0.2, 0.25) is 5.91 Å². The SMILES string of the molecule is Cc1ccc(C2=C(c3ccc(OC4CCN(CCCF)C4)cc3)c3ccc(-c4ccc(C(N)=O)cc4)cc3CCC2)c(C)c1. The van der Waals surface area contributed by atoms with E-state index in [1.54, 1.807) is 12.1 Å². The van der Waals surface area contributed by atoms with Crippen LogP contribution in [0.5, 0.6) is 5.75 Å². The van der Waals surface area contributed by atoms with Crippen LogP contribution in [0, 0.1) is 13.8 Å². The molecule has 44 heavy (non-hydrogen) atoms.